The lowest BCUT2D eigenvalue weighted by Crippen LogP contribution is -2.30. The zero-order valence-corrected chi connectivity index (χ0v) is 9.63. The number of hydrogen-bond donors (Lipinski definition) is 1. The molecule has 2 nitrogen and oxygen atoms in total. The minimum absolute atomic E-state index is 0.234. The fourth-order valence-electron chi connectivity index (χ4n) is 2.30. The summed E-state index contributed by atoms with van der Waals surface area (Å²) in [4.78, 5) is 0. The summed E-state index contributed by atoms with van der Waals surface area (Å²) < 4.78 is 18.2. The zero-order valence-electron chi connectivity index (χ0n) is 9.63. The Morgan fingerprint density at radius 2 is 2.38 bits per heavy atom. The maximum atomic E-state index is 13.0. The van der Waals surface area contributed by atoms with E-state index < -0.39 is 0 Å². The minimum atomic E-state index is -0.234. The summed E-state index contributed by atoms with van der Waals surface area (Å²) in [5, 5.41) is 3.39. The molecule has 0 aromatic heterocycles. The van der Waals surface area contributed by atoms with Gasteiger partial charge in [0.15, 0.2) is 0 Å². The minimum Gasteiger partial charge on any atom is -0.496 e. The lowest BCUT2D eigenvalue weighted by atomic mass is 9.92. The largest absolute Gasteiger partial charge is 0.496 e. The maximum Gasteiger partial charge on any atom is 0.126 e. The number of methoxy groups -OCH3 is 1. The molecule has 0 aliphatic carbocycles. The van der Waals surface area contributed by atoms with Crippen LogP contribution in [0.15, 0.2) is 18.2 Å². The Morgan fingerprint density at radius 1 is 1.50 bits per heavy atom. The van der Waals surface area contributed by atoms with Gasteiger partial charge >= 0.3 is 0 Å². The van der Waals surface area contributed by atoms with Crippen molar-refractivity contribution < 1.29 is 9.13 Å². The Hall–Kier alpha value is -1.09. The molecule has 0 spiro atoms. The van der Waals surface area contributed by atoms with Gasteiger partial charge in [-0.15, -0.1) is 0 Å². The molecule has 1 fully saturated rings. The van der Waals surface area contributed by atoms with Crippen molar-refractivity contribution in [2.24, 2.45) is 5.92 Å². The molecule has 1 unspecified atom stereocenters. The Bertz CT molecular complexity index is 348. The number of benzene rings is 1. The lowest BCUT2D eigenvalue weighted by Gasteiger charge is -2.23. The maximum absolute atomic E-state index is 13.0. The van der Waals surface area contributed by atoms with Crippen LogP contribution in [-0.4, -0.2) is 20.2 Å². The third-order valence-electron chi connectivity index (χ3n) is 3.16. The van der Waals surface area contributed by atoms with Gasteiger partial charge in [0.25, 0.3) is 0 Å². The van der Waals surface area contributed by atoms with Crippen LogP contribution in [0.1, 0.15) is 18.4 Å². The van der Waals surface area contributed by atoms with Gasteiger partial charge in [-0.25, -0.2) is 4.39 Å². The first-order valence-electron chi connectivity index (χ1n) is 5.82. The van der Waals surface area contributed by atoms with Gasteiger partial charge < -0.3 is 10.1 Å². The van der Waals surface area contributed by atoms with Gasteiger partial charge in [0.05, 0.1) is 7.11 Å². The van der Waals surface area contributed by atoms with Crippen LogP contribution in [0, 0.1) is 11.7 Å². The first-order valence-corrected chi connectivity index (χ1v) is 5.82. The van der Waals surface area contributed by atoms with Crippen LogP contribution in [0.2, 0.25) is 0 Å². The monoisotopic (exact) mass is 223 g/mol. The zero-order chi connectivity index (χ0) is 11.4. The second-order valence-electron chi connectivity index (χ2n) is 4.37. The molecule has 0 bridgehead atoms. The molecule has 1 aliphatic heterocycles. The standard InChI is InChI=1S/C13H18FNO/c1-16-13-8-12(14)5-4-11(13)7-10-3-2-6-15-9-10/h4-5,8,10,15H,2-3,6-7,9H2,1H3. The number of piperidine rings is 1. The van der Waals surface area contributed by atoms with E-state index in [0.717, 1.165) is 25.1 Å². The SMILES string of the molecule is COc1cc(F)ccc1CC1CCCNC1. The van der Waals surface area contributed by atoms with Crippen molar-refractivity contribution in [1.82, 2.24) is 5.32 Å². The average Bonchev–Trinajstić information content (AvgIpc) is 2.33. The van der Waals surface area contributed by atoms with Crippen LogP contribution < -0.4 is 10.1 Å². The van der Waals surface area contributed by atoms with Gasteiger partial charge in [0.2, 0.25) is 0 Å². The summed E-state index contributed by atoms with van der Waals surface area (Å²) in [7, 11) is 1.59. The number of rotatable bonds is 3. The highest BCUT2D eigenvalue weighted by Crippen LogP contribution is 2.24. The molecule has 3 heteroatoms. The van der Waals surface area contributed by atoms with Crippen molar-refractivity contribution in [3.63, 3.8) is 0 Å². The van der Waals surface area contributed by atoms with Gasteiger partial charge in [-0.1, -0.05) is 6.07 Å². The molecule has 1 N–H and O–H groups in total. The van der Waals surface area contributed by atoms with Crippen molar-refractivity contribution in [1.29, 1.82) is 0 Å². The summed E-state index contributed by atoms with van der Waals surface area (Å²) in [6.45, 7) is 2.18. The van der Waals surface area contributed by atoms with E-state index in [-0.39, 0.29) is 5.82 Å². The van der Waals surface area contributed by atoms with Crippen molar-refractivity contribution in [3.05, 3.63) is 29.6 Å². The third-order valence-corrected chi connectivity index (χ3v) is 3.16. The third kappa shape index (κ3) is 2.73. The summed E-state index contributed by atoms with van der Waals surface area (Å²) >= 11 is 0. The highest BCUT2D eigenvalue weighted by Gasteiger charge is 2.15. The fraction of sp³-hybridized carbons (Fsp3) is 0.538. The molecular weight excluding hydrogens is 205 g/mol. The van der Waals surface area contributed by atoms with Crippen molar-refractivity contribution in [2.45, 2.75) is 19.3 Å². The lowest BCUT2D eigenvalue weighted by molar-refractivity contribution is 0.363. The van der Waals surface area contributed by atoms with Gasteiger partial charge in [-0.2, -0.15) is 0 Å². The molecule has 1 aromatic rings. The van der Waals surface area contributed by atoms with E-state index in [2.05, 4.69) is 5.32 Å². The van der Waals surface area contributed by atoms with Gasteiger partial charge in [-0.3, -0.25) is 0 Å². The highest BCUT2D eigenvalue weighted by molar-refractivity contribution is 5.34. The first kappa shape index (κ1) is 11.4. The molecule has 16 heavy (non-hydrogen) atoms. The van der Waals surface area contributed by atoms with E-state index in [1.165, 1.54) is 25.0 Å². The summed E-state index contributed by atoms with van der Waals surface area (Å²) in [5.41, 5.74) is 1.11. The van der Waals surface area contributed by atoms with Crippen LogP contribution >= 0.6 is 0 Å². The van der Waals surface area contributed by atoms with Crippen LogP contribution in [0.25, 0.3) is 0 Å². The Labute approximate surface area is 95.8 Å². The van der Waals surface area contributed by atoms with E-state index in [0.29, 0.717) is 11.7 Å². The number of ether oxygens (including phenoxy) is 1. The Morgan fingerprint density at radius 3 is 3.06 bits per heavy atom. The number of nitrogens with one attached hydrogen (secondary N) is 1. The molecule has 2 rings (SSSR count). The topological polar surface area (TPSA) is 21.3 Å². The molecule has 1 aliphatic rings. The van der Waals surface area contributed by atoms with Gasteiger partial charge in [-0.05, 0) is 49.9 Å². The molecule has 0 saturated carbocycles. The second kappa shape index (κ2) is 5.30. The molecule has 0 radical (unpaired) electrons. The molecule has 0 amide bonds. The van der Waals surface area contributed by atoms with Crippen molar-refractivity contribution in [3.8, 4) is 5.75 Å². The second-order valence-corrected chi connectivity index (χ2v) is 4.37. The Balaban J connectivity index is 2.07. The van der Waals surface area contributed by atoms with E-state index in [9.17, 15) is 4.39 Å². The Kier molecular flexibility index (Phi) is 3.78. The average molecular weight is 223 g/mol. The molecule has 1 heterocycles. The predicted molar refractivity (Wildman–Crippen MR) is 62.2 cm³/mol. The number of hydrogen-bond acceptors (Lipinski definition) is 2. The highest BCUT2D eigenvalue weighted by atomic mass is 19.1. The van der Waals surface area contributed by atoms with Crippen LogP contribution in [0.5, 0.6) is 5.75 Å². The van der Waals surface area contributed by atoms with Crippen molar-refractivity contribution >= 4 is 0 Å². The van der Waals surface area contributed by atoms with Crippen molar-refractivity contribution in [2.75, 3.05) is 20.2 Å². The molecule has 1 aromatic carbocycles. The van der Waals surface area contributed by atoms with E-state index >= 15 is 0 Å². The van der Waals surface area contributed by atoms with Crippen LogP contribution in [0.3, 0.4) is 0 Å². The van der Waals surface area contributed by atoms with Gasteiger partial charge in [0, 0.05) is 6.07 Å². The smallest absolute Gasteiger partial charge is 0.126 e. The molecular formula is C13H18FNO. The molecule has 1 atom stereocenters. The molecule has 88 valence electrons. The fourth-order valence-corrected chi connectivity index (χ4v) is 2.30. The molecule has 1 saturated heterocycles. The summed E-state index contributed by atoms with van der Waals surface area (Å²) in [5.74, 6) is 1.08. The predicted octanol–water partition coefficient (Wildman–Crippen LogP) is 2.38. The van der Waals surface area contributed by atoms with Crippen LogP contribution in [0.4, 0.5) is 4.39 Å². The summed E-state index contributed by atoms with van der Waals surface area (Å²) in [6.07, 6.45) is 3.44. The number of halogens is 1. The van der Waals surface area contributed by atoms with E-state index in [1.54, 1.807) is 7.11 Å². The summed E-state index contributed by atoms with van der Waals surface area (Å²) in [6, 6.07) is 4.81. The van der Waals surface area contributed by atoms with E-state index in [1.807, 2.05) is 6.07 Å². The quantitative estimate of drug-likeness (QED) is 0.849. The van der Waals surface area contributed by atoms with E-state index in [4.69, 9.17) is 4.74 Å². The van der Waals surface area contributed by atoms with Crippen LogP contribution in [-0.2, 0) is 6.42 Å². The normalized spacial score (nSPS) is 20.8. The first-order chi connectivity index (χ1) is 7.79. The van der Waals surface area contributed by atoms with Gasteiger partial charge in [0.1, 0.15) is 11.6 Å².